The number of aromatic hydroxyl groups is 1. The van der Waals surface area contributed by atoms with Crippen molar-refractivity contribution in [2.24, 2.45) is 11.7 Å². The molecule has 3 amide bonds. The summed E-state index contributed by atoms with van der Waals surface area (Å²) in [7, 11) is 0. The molecule has 2 rings (SSSR count). The van der Waals surface area contributed by atoms with Crippen LogP contribution in [0.2, 0.25) is 0 Å². The van der Waals surface area contributed by atoms with Crippen molar-refractivity contribution in [1.82, 2.24) is 15.5 Å². The summed E-state index contributed by atoms with van der Waals surface area (Å²) >= 11 is 1.56. The van der Waals surface area contributed by atoms with Gasteiger partial charge in [-0.05, 0) is 54.9 Å². The molecule has 10 nitrogen and oxygen atoms in total. The zero-order valence-corrected chi connectivity index (χ0v) is 21.2. The third-order valence-corrected chi connectivity index (χ3v) is 6.67. The van der Waals surface area contributed by atoms with Crippen LogP contribution in [0.1, 0.15) is 38.7 Å². The highest BCUT2D eigenvalue weighted by atomic mass is 32.2. The van der Waals surface area contributed by atoms with Crippen molar-refractivity contribution in [2.75, 3.05) is 18.6 Å². The number of hydrogen-bond donors (Lipinski definition) is 5. The molecule has 1 aromatic rings. The molecule has 0 saturated carbocycles. The van der Waals surface area contributed by atoms with E-state index in [9.17, 15) is 29.4 Å². The number of likely N-dealkylation sites (tertiary alicyclic amines) is 1. The molecule has 0 spiro atoms. The maximum atomic E-state index is 13.6. The maximum Gasteiger partial charge on any atom is 0.326 e. The summed E-state index contributed by atoms with van der Waals surface area (Å²) in [5, 5.41) is 24.3. The normalized spacial score (nSPS) is 18.1. The van der Waals surface area contributed by atoms with Gasteiger partial charge in [0.05, 0.1) is 6.04 Å². The Morgan fingerprint density at radius 3 is 2.40 bits per heavy atom. The van der Waals surface area contributed by atoms with Crippen LogP contribution in [0.3, 0.4) is 0 Å². The minimum absolute atomic E-state index is 0.0779. The van der Waals surface area contributed by atoms with E-state index in [0.717, 1.165) is 0 Å². The molecule has 11 heteroatoms. The van der Waals surface area contributed by atoms with E-state index in [4.69, 9.17) is 5.73 Å². The van der Waals surface area contributed by atoms with Gasteiger partial charge in [-0.3, -0.25) is 14.4 Å². The van der Waals surface area contributed by atoms with Crippen LogP contribution in [0.25, 0.3) is 0 Å². The lowest BCUT2D eigenvalue weighted by atomic mass is 10.0. The third kappa shape index (κ3) is 8.14. The largest absolute Gasteiger partial charge is 0.508 e. The summed E-state index contributed by atoms with van der Waals surface area (Å²) in [5.41, 5.74) is 6.72. The van der Waals surface area contributed by atoms with Crippen molar-refractivity contribution < 1.29 is 29.4 Å². The minimum Gasteiger partial charge on any atom is -0.508 e. The molecule has 0 radical (unpaired) electrons. The zero-order valence-electron chi connectivity index (χ0n) is 20.4. The summed E-state index contributed by atoms with van der Waals surface area (Å²) in [5.74, 6) is -2.11. The van der Waals surface area contributed by atoms with E-state index in [1.807, 2.05) is 6.26 Å². The number of amides is 3. The Balaban J connectivity index is 2.22. The fourth-order valence-electron chi connectivity index (χ4n) is 3.99. The average Bonchev–Trinajstić information content (AvgIpc) is 3.30. The van der Waals surface area contributed by atoms with Gasteiger partial charge in [0.1, 0.15) is 23.9 Å². The van der Waals surface area contributed by atoms with Crippen molar-refractivity contribution in [1.29, 1.82) is 0 Å². The first kappa shape index (κ1) is 28.4. The quantitative estimate of drug-likeness (QED) is 0.276. The van der Waals surface area contributed by atoms with Gasteiger partial charge in [-0.1, -0.05) is 26.0 Å². The highest BCUT2D eigenvalue weighted by Crippen LogP contribution is 2.21. The molecular weight excluding hydrogens is 472 g/mol. The van der Waals surface area contributed by atoms with Gasteiger partial charge in [-0.25, -0.2) is 4.79 Å². The second kappa shape index (κ2) is 13.3. The molecule has 194 valence electrons. The van der Waals surface area contributed by atoms with E-state index in [0.29, 0.717) is 37.1 Å². The number of phenolic OH excluding ortho intramolecular Hbond substituents is 1. The Labute approximate surface area is 210 Å². The van der Waals surface area contributed by atoms with E-state index < -0.39 is 47.9 Å². The van der Waals surface area contributed by atoms with Crippen LogP contribution in [0.4, 0.5) is 0 Å². The average molecular weight is 509 g/mol. The van der Waals surface area contributed by atoms with Gasteiger partial charge in [0, 0.05) is 13.0 Å². The Morgan fingerprint density at radius 2 is 1.83 bits per heavy atom. The minimum atomic E-state index is -1.14. The zero-order chi connectivity index (χ0) is 26.1. The topological polar surface area (TPSA) is 162 Å². The van der Waals surface area contributed by atoms with Crippen LogP contribution in [0, 0.1) is 5.92 Å². The smallest absolute Gasteiger partial charge is 0.326 e. The third-order valence-electron chi connectivity index (χ3n) is 6.03. The van der Waals surface area contributed by atoms with Gasteiger partial charge < -0.3 is 31.5 Å². The number of nitrogens with two attached hydrogens (primary N) is 1. The van der Waals surface area contributed by atoms with E-state index >= 15 is 0 Å². The molecule has 1 fully saturated rings. The molecule has 35 heavy (non-hydrogen) atoms. The SMILES string of the molecule is CSCCC(N)C(=O)NC(Cc1ccc(O)cc1)C(=O)N1CCCC1C(=O)NC(C(=O)O)C(C)C. The summed E-state index contributed by atoms with van der Waals surface area (Å²) in [4.78, 5) is 52.2. The first-order valence-electron chi connectivity index (χ1n) is 11.7. The van der Waals surface area contributed by atoms with Crippen LogP contribution >= 0.6 is 11.8 Å². The number of hydrogen-bond acceptors (Lipinski definition) is 7. The van der Waals surface area contributed by atoms with Crippen LogP contribution in [-0.4, -0.2) is 81.5 Å². The fourth-order valence-corrected chi connectivity index (χ4v) is 4.48. The maximum absolute atomic E-state index is 13.6. The molecule has 0 aromatic heterocycles. The van der Waals surface area contributed by atoms with Crippen LogP contribution in [-0.2, 0) is 25.6 Å². The van der Waals surface area contributed by atoms with Crippen molar-refractivity contribution in [3.05, 3.63) is 29.8 Å². The van der Waals surface area contributed by atoms with Crippen LogP contribution in [0.5, 0.6) is 5.75 Å². The number of carboxylic acid groups (broad SMARTS) is 1. The predicted molar refractivity (Wildman–Crippen MR) is 134 cm³/mol. The van der Waals surface area contributed by atoms with Crippen LogP contribution < -0.4 is 16.4 Å². The highest BCUT2D eigenvalue weighted by molar-refractivity contribution is 7.98. The molecule has 1 heterocycles. The molecule has 1 aliphatic heterocycles. The number of nitrogens with zero attached hydrogens (tertiary/aromatic N) is 1. The second-order valence-corrected chi connectivity index (χ2v) is 10.1. The van der Waals surface area contributed by atoms with E-state index in [1.54, 1.807) is 37.7 Å². The van der Waals surface area contributed by atoms with Crippen LogP contribution in [0.15, 0.2) is 24.3 Å². The first-order valence-corrected chi connectivity index (χ1v) is 13.1. The monoisotopic (exact) mass is 508 g/mol. The van der Waals surface area contributed by atoms with Gasteiger partial charge in [-0.2, -0.15) is 11.8 Å². The molecule has 0 bridgehead atoms. The number of nitrogens with one attached hydrogen (secondary N) is 2. The van der Waals surface area contributed by atoms with Crippen molar-refractivity contribution >= 4 is 35.5 Å². The Bertz CT molecular complexity index is 895. The van der Waals surface area contributed by atoms with E-state index in [-0.39, 0.29) is 18.1 Å². The van der Waals surface area contributed by atoms with Gasteiger partial charge in [0.25, 0.3) is 0 Å². The molecule has 0 aliphatic carbocycles. The summed E-state index contributed by atoms with van der Waals surface area (Å²) in [6, 6.07) is 2.65. The van der Waals surface area contributed by atoms with E-state index in [2.05, 4.69) is 10.6 Å². The molecule has 4 unspecified atom stereocenters. The molecule has 1 saturated heterocycles. The predicted octanol–water partition coefficient (Wildman–Crippen LogP) is 0.716. The number of phenols is 1. The fraction of sp³-hybridized carbons (Fsp3) is 0.583. The number of aliphatic carboxylic acids is 1. The number of carbonyl (C=O) groups excluding carboxylic acids is 3. The van der Waals surface area contributed by atoms with Crippen molar-refractivity contribution in [3.8, 4) is 5.75 Å². The molecular formula is C24H36N4O6S. The lowest BCUT2D eigenvalue weighted by Crippen LogP contribution is -2.57. The molecule has 1 aromatic carbocycles. The lowest BCUT2D eigenvalue weighted by Gasteiger charge is -2.30. The van der Waals surface area contributed by atoms with Gasteiger partial charge in [0.2, 0.25) is 17.7 Å². The number of carbonyl (C=O) groups is 4. The highest BCUT2D eigenvalue weighted by Gasteiger charge is 2.39. The Morgan fingerprint density at radius 1 is 1.17 bits per heavy atom. The van der Waals surface area contributed by atoms with Gasteiger partial charge >= 0.3 is 5.97 Å². The Hall–Kier alpha value is -2.79. The van der Waals surface area contributed by atoms with Gasteiger partial charge in [-0.15, -0.1) is 0 Å². The Kier molecular flexibility index (Phi) is 10.8. The lowest BCUT2D eigenvalue weighted by molar-refractivity contribution is -0.145. The number of thioether (sulfide) groups is 1. The number of benzene rings is 1. The van der Waals surface area contributed by atoms with E-state index in [1.165, 1.54) is 17.0 Å². The first-order chi connectivity index (χ1) is 16.5. The summed E-state index contributed by atoms with van der Waals surface area (Å²) in [6.07, 6.45) is 3.49. The second-order valence-electron chi connectivity index (χ2n) is 9.08. The molecule has 4 atom stereocenters. The number of carboxylic acids is 1. The number of rotatable bonds is 12. The molecule has 6 N–H and O–H groups in total. The van der Waals surface area contributed by atoms with Crippen molar-refractivity contribution in [3.63, 3.8) is 0 Å². The van der Waals surface area contributed by atoms with Gasteiger partial charge in [0.15, 0.2) is 0 Å². The summed E-state index contributed by atoms with van der Waals surface area (Å²) < 4.78 is 0. The van der Waals surface area contributed by atoms with Crippen molar-refractivity contribution in [2.45, 2.75) is 63.7 Å². The molecule has 1 aliphatic rings. The summed E-state index contributed by atoms with van der Waals surface area (Å²) in [6.45, 7) is 3.71. The standard InChI is InChI=1S/C24H36N4O6S/c1-14(2)20(24(33)34)27-22(31)19-5-4-11-28(19)23(32)18(13-15-6-8-16(29)9-7-15)26-21(30)17(25)10-12-35-3/h6-9,14,17-20,29H,4-5,10-13,25H2,1-3H3,(H,26,30)(H,27,31)(H,33,34).